The van der Waals surface area contributed by atoms with Crippen LogP contribution in [-0.2, 0) is 11.2 Å². The van der Waals surface area contributed by atoms with Crippen LogP contribution in [0.4, 0.5) is 0 Å². The Morgan fingerprint density at radius 2 is 2.40 bits per heavy atom. The van der Waals surface area contributed by atoms with E-state index in [9.17, 15) is 4.79 Å². The topological polar surface area (TPSA) is 68.0 Å². The first-order chi connectivity index (χ1) is 7.22. The third-order valence-electron chi connectivity index (χ3n) is 2.10. The molecule has 0 aliphatic rings. The molecule has 82 valence electrons. The summed E-state index contributed by atoms with van der Waals surface area (Å²) in [4.78, 5) is 15.5. The predicted molar refractivity (Wildman–Crippen MR) is 59.2 cm³/mol. The van der Waals surface area contributed by atoms with Crippen LogP contribution < -0.4 is 11.1 Å². The molecule has 0 fully saturated rings. The minimum Gasteiger partial charge on any atom is -0.352 e. The van der Waals surface area contributed by atoms with Gasteiger partial charge in [-0.25, -0.2) is 0 Å². The molecule has 1 aromatic heterocycles. The maximum Gasteiger partial charge on any atom is 0.220 e. The van der Waals surface area contributed by atoms with Crippen LogP contribution in [0.2, 0.25) is 0 Å². The van der Waals surface area contributed by atoms with E-state index >= 15 is 0 Å². The van der Waals surface area contributed by atoms with Crippen LogP contribution in [0.5, 0.6) is 0 Å². The lowest BCUT2D eigenvalue weighted by Gasteiger charge is -2.10. The number of hydrogen-bond donors (Lipinski definition) is 2. The number of pyridine rings is 1. The monoisotopic (exact) mass is 207 g/mol. The highest BCUT2D eigenvalue weighted by atomic mass is 16.1. The molecule has 0 aliphatic heterocycles. The van der Waals surface area contributed by atoms with E-state index in [-0.39, 0.29) is 11.9 Å². The van der Waals surface area contributed by atoms with Crippen LogP contribution in [0.1, 0.15) is 19.0 Å². The molecular formula is C11H17N3O. The summed E-state index contributed by atoms with van der Waals surface area (Å²) in [5.74, 6) is 0.0265. The van der Waals surface area contributed by atoms with Crippen LogP contribution in [-0.4, -0.2) is 23.5 Å². The summed E-state index contributed by atoms with van der Waals surface area (Å²) in [7, 11) is 0. The first kappa shape index (κ1) is 11.7. The van der Waals surface area contributed by atoms with Gasteiger partial charge in [0.1, 0.15) is 0 Å². The smallest absolute Gasteiger partial charge is 0.220 e. The Bertz CT molecular complexity index is 300. The zero-order valence-corrected chi connectivity index (χ0v) is 8.94. The van der Waals surface area contributed by atoms with Gasteiger partial charge in [-0.05, 0) is 25.5 Å². The summed E-state index contributed by atoms with van der Waals surface area (Å²) in [6.45, 7) is 2.36. The Morgan fingerprint density at radius 1 is 1.60 bits per heavy atom. The molecule has 1 aromatic rings. The van der Waals surface area contributed by atoms with Crippen LogP contribution in [0, 0.1) is 0 Å². The molecule has 0 spiro atoms. The maximum atomic E-state index is 11.4. The maximum absolute atomic E-state index is 11.4. The van der Waals surface area contributed by atoms with Gasteiger partial charge in [-0.3, -0.25) is 9.78 Å². The summed E-state index contributed by atoms with van der Waals surface area (Å²) < 4.78 is 0. The van der Waals surface area contributed by atoms with Crippen LogP contribution in [0.25, 0.3) is 0 Å². The highest BCUT2D eigenvalue weighted by molar-refractivity contribution is 5.76. The van der Waals surface area contributed by atoms with E-state index in [1.165, 1.54) is 0 Å². The molecule has 15 heavy (non-hydrogen) atoms. The minimum absolute atomic E-state index is 0.0265. The van der Waals surface area contributed by atoms with E-state index in [2.05, 4.69) is 10.3 Å². The number of rotatable bonds is 5. The van der Waals surface area contributed by atoms with Crippen molar-refractivity contribution in [2.45, 2.75) is 25.8 Å². The number of nitrogens with zero attached hydrogens (tertiary/aromatic N) is 1. The van der Waals surface area contributed by atoms with Crippen LogP contribution in [0.15, 0.2) is 24.4 Å². The van der Waals surface area contributed by atoms with E-state index in [1.807, 2.05) is 25.1 Å². The molecule has 0 aromatic carbocycles. The third-order valence-corrected chi connectivity index (χ3v) is 2.10. The van der Waals surface area contributed by atoms with Crippen molar-refractivity contribution in [1.82, 2.24) is 10.3 Å². The van der Waals surface area contributed by atoms with Crippen molar-refractivity contribution in [3.63, 3.8) is 0 Å². The second-order valence-electron chi connectivity index (χ2n) is 3.53. The summed E-state index contributed by atoms with van der Waals surface area (Å²) in [5, 5.41) is 2.81. The normalized spacial score (nSPS) is 12.1. The number of nitrogens with two attached hydrogens (primary N) is 1. The Labute approximate surface area is 89.9 Å². The molecule has 0 saturated carbocycles. The fraction of sp³-hybridized carbons (Fsp3) is 0.455. The van der Waals surface area contributed by atoms with Gasteiger partial charge in [-0.15, -0.1) is 0 Å². The number of carbonyl (C=O) groups is 1. The van der Waals surface area contributed by atoms with Gasteiger partial charge in [-0.2, -0.15) is 0 Å². The van der Waals surface area contributed by atoms with Crippen molar-refractivity contribution in [2.75, 3.05) is 6.54 Å². The second kappa shape index (κ2) is 6.14. The van der Waals surface area contributed by atoms with Crippen molar-refractivity contribution in [2.24, 2.45) is 5.73 Å². The fourth-order valence-electron chi connectivity index (χ4n) is 1.19. The molecule has 4 nitrogen and oxygen atoms in total. The molecule has 1 amide bonds. The number of nitrogens with one attached hydrogen (secondary N) is 1. The standard InChI is InChI=1S/C11H17N3O/c1-9(8-12)14-11(15)6-5-10-4-2-3-7-13-10/h2-4,7,9H,5-6,8,12H2,1H3,(H,14,15)/t9-/m1/s1. The molecule has 1 heterocycles. The van der Waals surface area contributed by atoms with Crippen molar-refractivity contribution >= 4 is 5.91 Å². The molecule has 1 rings (SSSR count). The Hall–Kier alpha value is -1.42. The zero-order chi connectivity index (χ0) is 11.1. The number of aryl methyl sites for hydroxylation is 1. The average Bonchev–Trinajstić information content (AvgIpc) is 2.27. The molecule has 0 saturated heterocycles. The van der Waals surface area contributed by atoms with E-state index in [1.54, 1.807) is 6.20 Å². The Morgan fingerprint density at radius 3 is 3.00 bits per heavy atom. The molecule has 1 atom stereocenters. The summed E-state index contributed by atoms with van der Waals surface area (Å²) >= 11 is 0. The SMILES string of the molecule is C[C@H](CN)NC(=O)CCc1ccccn1. The largest absolute Gasteiger partial charge is 0.352 e. The number of amides is 1. The molecular weight excluding hydrogens is 190 g/mol. The molecule has 0 aliphatic carbocycles. The van der Waals surface area contributed by atoms with Gasteiger partial charge < -0.3 is 11.1 Å². The van der Waals surface area contributed by atoms with Crippen molar-refractivity contribution in [3.05, 3.63) is 30.1 Å². The fourth-order valence-corrected chi connectivity index (χ4v) is 1.19. The Kier molecular flexibility index (Phi) is 4.77. The molecule has 0 radical (unpaired) electrons. The molecule has 3 N–H and O–H groups in total. The molecule has 4 heteroatoms. The second-order valence-corrected chi connectivity index (χ2v) is 3.53. The zero-order valence-electron chi connectivity index (χ0n) is 8.94. The van der Waals surface area contributed by atoms with E-state index in [0.29, 0.717) is 19.4 Å². The van der Waals surface area contributed by atoms with Crippen LogP contribution in [0.3, 0.4) is 0 Å². The number of carbonyl (C=O) groups excluding carboxylic acids is 1. The lowest BCUT2D eigenvalue weighted by Crippen LogP contribution is -2.37. The average molecular weight is 207 g/mol. The van der Waals surface area contributed by atoms with Crippen molar-refractivity contribution in [3.8, 4) is 0 Å². The molecule has 0 unspecified atom stereocenters. The van der Waals surface area contributed by atoms with Crippen LogP contribution >= 0.6 is 0 Å². The minimum atomic E-state index is 0.0265. The summed E-state index contributed by atoms with van der Waals surface area (Å²) in [6.07, 6.45) is 2.86. The first-order valence-corrected chi connectivity index (χ1v) is 5.11. The number of hydrogen-bond acceptors (Lipinski definition) is 3. The van der Waals surface area contributed by atoms with Crippen molar-refractivity contribution < 1.29 is 4.79 Å². The van der Waals surface area contributed by atoms with E-state index < -0.39 is 0 Å². The van der Waals surface area contributed by atoms with Crippen molar-refractivity contribution in [1.29, 1.82) is 0 Å². The first-order valence-electron chi connectivity index (χ1n) is 5.11. The molecule has 0 bridgehead atoms. The number of aromatic nitrogens is 1. The lowest BCUT2D eigenvalue weighted by molar-refractivity contribution is -0.121. The highest BCUT2D eigenvalue weighted by Crippen LogP contribution is 1.98. The third kappa shape index (κ3) is 4.56. The highest BCUT2D eigenvalue weighted by Gasteiger charge is 2.05. The van der Waals surface area contributed by atoms with Gasteiger partial charge >= 0.3 is 0 Å². The van der Waals surface area contributed by atoms with Gasteiger partial charge in [0.15, 0.2) is 0 Å². The summed E-state index contributed by atoms with van der Waals surface area (Å²) in [6, 6.07) is 5.74. The van der Waals surface area contributed by atoms with Gasteiger partial charge in [0.2, 0.25) is 5.91 Å². The van der Waals surface area contributed by atoms with Gasteiger partial charge in [0.25, 0.3) is 0 Å². The summed E-state index contributed by atoms with van der Waals surface area (Å²) in [5.41, 5.74) is 6.34. The predicted octanol–water partition coefficient (Wildman–Crippen LogP) is 0.478. The quantitative estimate of drug-likeness (QED) is 0.737. The van der Waals surface area contributed by atoms with Gasteiger partial charge in [-0.1, -0.05) is 6.07 Å². The van der Waals surface area contributed by atoms with Gasteiger partial charge in [0.05, 0.1) is 0 Å². The van der Waals surface area contributed by atoms with Gasteiger partial charge in [0, 0.05) is 30.9 Å². The van der Waals surface area contributed by atoms with E-state index in [4.69, 9.17) is 5.73 Å². The lowest BCUT2D eigenvalue weighted by atomic mass is 10.2. The Balaban J connectivity index is 2.29. The van der Waals surface area contributed by atoms with E-state index in [0.717, 1.165) is 5.69 Å².